The lowest BCUT2D eigenvalue weighted by atomic mass is 9.98. The summed E-state index contributed by atoms with van der Waals surface area (Å²) in [5.41, 5.74) is 7.33. The topological polar surface area (TPSA) is 38.5 Å². The largest absolute Gasteiger partial charge is 0.384 e. The normalized spacial score (nSPS) is 21.9. The molecule has 2 atom stereocenters. The van der Waals surface area contributed by atoms with Crippen LogP contribution in [-0.2, 0) is 4.74 Å². The lowest BCUT2D eigenvalue weighted by Crippen LogP contribution is -2.38. The van der Waals surface area contributed by atoms with Crippen molar-refractivity contribution in [2.75, 3.05) is 33.4 Å². The molecule has 112 valence electrons. The zero-order valence-corrected chi connectivity index (χ0v) is 13.0. The molecule has 0 radical (unpaired) electrons. The second-order valence-corrected chi connectivity index (χ2v) is 6.09. The van der Waals surface area contributed by atoms with Crippen LogP contribution in [0.15, 0.2) is 24.3 Å². The van der Waals surface area contributed by atoms with Gasteiger partial charge < -0.3 is 15.4 Å². The van der Waals surface area contributed by atoms with E-state index in [9.17, 15) is 0 Å². The molecule has 0 saturated carbocycles. The standard InChI is InChI=1S/C16H25ClN2O/c1-20-12-13-5-4-9-19(11-13)10-8-16(18)14-6-2-3-7-15(14)17/h2-3,6-7,13,16H,4-5,8-12,18H2,1H3. The molecule has 0 spiro atoms. The zero-order chi connectivity index (χ0) is 14.4. The summed E-state index contributed by atoms with van der Waals surface area (Å²) >= 11 is 6.19. The van der Waals surface area contributed by atoms with Crippen LogP contribution in [0.5, 0.6) is 0 Å². The minimum Gasteiger partial charge on any atom is -0.384 e. The Hall–Kier alpha value is -0.610. The number of likely N-dealkylation sites (tertiary alicyclic amines) is 1. The van der Waals surface area contributed by atoms with Crippen LogP contribution in [0.1, 0.15) is 30.9 Å². The Kier molecular flexibility index (Phi) is 6.30. The van der Waals surface area contributed by atoms with Gasteiger partial charge in [-0.25, -0.2) is 0 Å². The minimum atomic E-state index is 0.0199. The van der Waals surface area contributed by atoms with Crippen molar-refractivity contribution in [1.29, 1.82) is 0 Å². The Bertz CT molecular complexity index is 411. The Morgan fingerprint density at radius 2 is 2.25 bits per heavy atom. The van der Waals surface area contributed by atoms with Crippen LogP contribution in [-0.4, -0.2) is 38.3 Å². The van der Waals surface area contributed by atoms with Crippen LogP contribution < -0.4 is 5.73 Å². The molecule has 0 aromatic heterocycles. The number of hydrogen-bond acceptors (Lipinski definition) is 3. The molecule has 1 heterocycles. The smallest absolute Gasteiger partial charge is 0.0502 e. The van der Waals surface area contributed by atoms with E-state index < -0.39 is 0 Å². The van der Waals surface area contributed by atoms with E-state index in [-0.39, 0.29) is 6.04 Å². The van der Waals surface area contributed by atoms with E-state index in [1.54, 1.807) is 7.11 Å². The number of nitrogens with zero attached hydrogens (tertiary/aromatic N) is 1. The third kappa shape index (κ3) is 4.45. The first kappa shape index (κ1) is 15.8. The van der Waals surface area contributed by atoms with Crippen molar-refractivity contribution < 1.29 is 4.74 Å². The van der Waals surface area contributed by atoms with Gasteiger partial charge in [0.05, 0.1) is 6.61 Å². The Balaban J connectivity index is 1.81. The predicted molar refractivity (Wildman–Crippen MR) is 84.0 cm³/mol. The molecule has 1 aromatic carbocycles. The van der Waals surface area contributed by atoms with Gasteiger partial charge in [-0.1, -0.05) is 29.8 Å². The van der Waals surface area contributed by atoms with E-state index in [4.69, 9.17) is 22.1 Å². The molecule has 1 fully saturated rings. The highest BCUT2D eigenvalue weighted by Gasteiger charge is 2.20. The fraction of sp³-hybridized carbons (Fsp3) is 0.625. The summed E-state index contributed by atoms with van der Waals surface area (Å²) in [6.07, 6.45) is 3.49. The maximum Gasteiger partial charge on any atom is 0.0502 e. The van der Waals surface area contributed by atoms with E-state index in [0.717, 1.165) is 36.7 Å². The van der Waals surface area contributed by atoms with Gasteiger partial charge in [-0.3, -0.25) is 0 Å². The Labute approximate surface area is 127 Å². The van der Waals surface area contributed by atoms with E-state index in [1.807, 2.05) is 24.3 Å². The first-order chi connectivity index (χ1) is 9.70. The fourth-order valence-electron chi connectivity index (χ4n) is 2.98. The summed E-state index contributed by atoms with van der Waals surface area (Å²) in [5.74, 6) is 0.672. The SMILES string of the molecule is COCC1CCCN(CCC(N)c2ccccc2Cl)C1. The van der Waals surface area contributed by atoms with E-state index in [2.05, 4.69) is 4.90 Å². The molecule has 1 aliphatic heterocycles. The average molecular weight is 297 g/mol. The number of halogens is 1. The van der Waals surface area contributed by atoms with Crippen LogP contribution in [0, 0.1) is 5.92 Å². The molecule has 0 amide bonds. The number of ether oxygens (including phenoxy) is 1. The highest BCUT2D eigenvalue weighted by atomic mass is 35.5. The molecule has 1 aromatic rings. The van der Waals surface area contributed by atoms with Crippen molar-refractivity contribution in [3.8, 4) is 0 Å². The van der Waals surface area contributed by atoms with Gasteiger partial charge in [0.1, 0.15) is 0 Å². The molecule has 1 saturated heterocycles. The third-order valence-electron chi connectivity index (χ3n) is 4.07. The van der Waals surface area contributed by atoms with Crippen molar-refractivity contribution in [3.05, 3.63) is 34.9 Å². The van der Waals surface area contributed by atoms with Gasteiger partial charge in [0.15, 0.2) is 0 Å². The van der Waals surface area contributed by atoms with Crippen LogP contribution in [0.3, 0.4) is 0 Å². The van der Waals surface area contributed by atoms with E-state index in [0.29, 0.717) is 5.92 Å². The van der Waals surface area contributed by atoms with Gasteiger partial charge in [-0.2, -0.15) is 0 Å². The molecule has 4 heteroatoms. The van der Waals surface area contributed by atoms with Gasteiger partial charge in [-0.05, 0) is 49.9 Å². The number of methoxy groups -OCH3 is 1. The van der Waals surface area contributed by atoms with Crippen molar-refractivity contribution in [1.82, 2.24) is 4.90 Å². The number of rotatable bonds is 6. The van der Waals surface area contributed by atoms with Crippen LogP contribution in [0.2, 0.25) is 5.02 Å². The Morgan fingerprint density at radius 3 is 3.00 bits per heavy atom. The molecule has 2 N–H and O–H groups in total. The first-order valence-corrected chi connectivity index (χ1v) is 7.79. The summed E-state index contributed by atoms with van der Waals surface area (Å²) in [7, 11) is 1.78. The van der Waals surface area contributed by atoms with Gasteiger partial charge in [0, 0.05) is 24.7 Å². The number of hydrogen-bond donors (Lipinski definition) is 1. The maximum atomic E-state index is 6.27. The van der Waals surface area contributed by atoms with Crippen molar-refractivity contribution >= 4 is 11.6 Å². The number of nitrogens with two attached hydrogens (primary N) is 1. The summed E-state index contributed by atoms with van der Waals surface area (Å²) in [6, 6.07) is 7.89. The molecular weight excluding hydrogens is 272 g/mol. The van der Waals surface area contributed by atoms with Gasteiger partial charge in [0.25, 0.3) is 0 Å². The second-order valence-electron chi connectivity index (χ2n) is 5.68. The maximum absolute atomic E-state index is 6.27. The number of piperidine rings is 1. The average Bonchev–Trinajstić information content (AvgIpc) is 2.46. The third-order valence-corrected chi connectivity index (χ3v) is 4.41. The highest BCUT2D eigenvalue weighted by molar-refractivity contribution is 6.31. The predicted octanol–water partition coefficient (Wildman–Crippen LogP) is 3.09. The molecule has 20 heavy (non-hydrogen) atoms. The summed E-state index contributed by atoms with van der Waals surface area (Å²) in [5, 5.41) is 0.774. The molecule has 2 rings (SSSR count). The summed E-state index contributed by atoms with van der Waals surface area (Å²) in [6.45, 7) is 4.21. The highest BCUT2D eigenvalue weighted by Crippen LogP contribution is 2.24. The summed E-state index contributed by atoms with van der Waals surface area (Å²) < 4.78 is 5.27. The lowest BCUT2D eigenvalue weighted by Gasteiger charge is -2.33. The zero-order valence-electron chi connectivity index (χ0n) is 12.2. The van der Waals surface area contributed by atoms with Crippen molar-refractivity contribution in [2.24, 2.45) is 11.7 Å². The van der Waals surface area contributed by atoms with Crippen molar-refractivity contribution in [2.45, 2.75) is 25.3 Å². The summed E-state index contributed by atoms with van der Waals surface area (Å²) in [4.78, 5) is 2.50. The quantitative estimate of drug-likeness (QED) is 0.877. The monoisotopic (exact) mass is 296 g/mol. The second kappa shape index (κ2) is 7.99. The van der Waals surface area contributed by atoms with E-state index >= 15 is 0 Å². The lowest BCUT2D eigenvalue weighted by molar-refractivity contribution is 0.0892. The van der Waals surface area contributed by atoms with Gasteiger partial charge in [-0.15, -0.1) is 0 Å². The molecule has 1 aliphatic rings. The Morgan fingerprint density at radius 1 is 1.45 bits per heavy atom. The first-order valence-electron chi connectivity index (χ1n) is 7.42. The van der Waals surface area contributed by atoms with Crippen LogP contribution in [0.25, 0.3) is 0 Å². The minimum absolute atomic E-state index is 0.0199. The van der Waals surface area contributed by atoms with Crippen molar-refractivity contribution in [3.63, 3.8) is 0 Å². The van der Waals surface area contributed by atoms with Crippen LogP contribution in [0.4, 0.5) is 0 Å². The molecule has 3 nitrogen and oxygen atoms in total. The fourth-order valence-corrected chi connectivity index (χ4v) is 3.25. The molecule has 2 unspecified atom stereocenters. The van der Waals surface area contributed by atoms with Gasteiger partial charge >= 0.3 is 0 Å². The molecule has 0 bridgehead atoms. The molecular formula is C16H25ClN2O. The van der Waals surface area contributed by atoms with Crippen LogP contribution >= 0.6 is 11.6 Å². The molecule has 0 aliphatic carbocycles. The van der Waals surface area contributed by atoms with E-state index in [1.165, 1.54) is 19.4 Å². The number of benzene rings is 1. The van der Waals surface area contributed by atoms with Gasteiger partial charge in [0.2, 0.25) is 0 Å².